The van der Waals surface area contributed by atoms with Crippen LogP contribution in [0.5, 0.6) is 5.88 Å². The Bertz CT molecular complexity index is 312. The molecule has 13 heavy (non-hydrogen) atoms. The quantitative estimate of drug-likeness (QED) is 0.708. The number of hydrogen-bond acceptors (Lipinski definition) is 4. The van der Waals surface area contributed by atoms with Crippen LogP contribution in [0.15, 0.2) is 6.33 Å². The number of rotatable bonds is 1. The molecule has 0 fully saturated rings. The second kappa shape index (κ2) is 3.20. The molecule has 4 heteroatoms. The molecule has 0 aromatic carbocycles. The number of nitrogens with zero attached hydrogens (tertiary/aromatic N) is 2. The lowest BCUT2D eigenvalue weighted by Gasteiger charge is -2.20. The Labute approximate surface area is 77.4 Å². The molecule has 1 aromatic heterocycles. The van der Waals surface area contributed by atoms with Crippen LogP contribution in [-0.2, 0) is 0 Å². The zero-order chi connectivity index (χ0) is 9.26. The molecular formula is C9H13N3O. The van der Waals surface area contributed by atoms with Gasteiger partial charge < -0.3 is 10.1 Å². The summed E-state index contributed by atoms with van der Waals surface area (Å²) < 4.78 is 5.40. The third-order valence-corrected chi connectivity index (χ3v) is 2.03. The first-order valence-electron chi connectivity index (χ1n) is 4.50. The van der Waals surface area contributed by atoms with Crippen molar-refractivity contribution in [3.05, 3.63) is 12.0 Å². The minimum Gasteiger partial charge on any atom is -0.474 e. The maximum absolute atomic E-state index is 5.40. The van der Waals surface area contributed by atoms with E-state index < -0.39 is 0 Å². The monoisotopic (exact) mass is 179 g/mol. The third-order valence-electron chi connectivity index (χ3n) is 2.03. The fraction of sp³-hybridized carbons (Fsp3) is 0.556. The molecular weight excluding hydrogens is 166 g/mol. The summed E-state index contributed by atoms with van der Waals surface area (Å²) in [7, 11) is 0. The van der Waals surface area contributed by atoms with Crippen molar-refractivity contribution < 1.29 is 4.74 Å². The van der Waals surface area contributed by atoms with Gasteiger partial charge in [0.25, 0.3) is 0 Å². The summed E-state index contributed by atoms with van der Waals surface area (Å²) in [6.45, 7) is 5.74. The smallest absolute Gasteiger partial charge is 0.240 e. The molecule has 0 saturated carbocycles. The predicted octanol–water partition coefficient (Wildman–Crippen LogP) is 1.40. The second-order valence-electron chi connectivity index (χ2n) is 3.37. The van der Waals surface area contributed by atoms with Crippen LogP contribution >= 0.6 is 0 Å². The molecule has 1 aliphatic heterocycles. The van der Waals surface area contributed by atoms with E-state index in [1.165, 1.54) is 0 Å². The molecule has 2 heterocycles. The van der Waals surface area contributed by atoms with Gasteiger partial charge in [0.05, 0.1) is 5.69 Å². The SMILES string of the molecule is CC(C)c1ncnc2c1NCCO2. The summed E-state index contributed by atoms with van der Waals surface area (Å²) in [5, 5.41) is 3.26. The number of ether oxygens (including phenoxy) is 1. The highest BCUT2D eigenvalue weighted by Crippen LogP contribution is 2.30. The van der Waals surface area contributed by atoms with E-state index >= 15 is 0 Å². The first-order valence-corrected chi connectivity index (χ1v) is 4.50. The Morgan fingerprint density at radius 3 is 3.08 bits per heavy atom. The largest absolute Gasteiger partial charge is 0.474 e. The predicted molar refractivity (Wildman–Crippen MR) is 50.1 cm³/mol. The minimum absolute atomic E-state index is 0.394. The van der Waals surface area contributed by atoms with Crippen LogP contribution in [0.25, 0.3) is 0 Å². The van der Waals surface area contributed by atoms with Gasteiger partial charge in [-0.15, -0.1) is 0 Å². The maximum atomic E-state index is 5.40. The normalized spacial score (nSPS) is 14.7. The molecule has 0 aliphatic carbocycles. The summed E-state index contributed by atoms with van der Waals surface area (Å²) in [6.07, 6.45) is 1.56. The summed E-state index contributed by atoms with van der Waals surface area (Å²) in [4.78, 5) is 8.30. The highest BCUT2D eigenvalue weighted by Gasteiger charge is 2.17. The van der Waals surface area contributed by atoms with Gasteiger partial charge in [-0.2, -0.15) is 4.98 Å². The minimum atomic E-state index is 0.394. The van der Waals surface area contributed by atoms with E-state index in [1.807, 2.05) is 0 Å². The molecule has 0 unspecified atom stereocenters. The Kier molecular flexibility index (Phi) is 2.04. The summed E-state index contributed by atoms with van der Waals surface area (Å²) in [6, 6.07) is 0. The summed E-state index contributed by atoms with van der Waals surface area (Å²) in [5.74, 6) is 1.08. The van der Waals surface area contributed by atoms with E-state index in [0.29, 0.717) is 18.4 Å². The highest BCUT2D eigenvalue weighted by atomic mass is 16.5. The van der Waals surface area contributed by atoms with Crippen molar-refractivity contribution in [1.29, 1.82) is 0 Å². The standard InChI is InChI=1S/C9H13N3O/c1-6(2)7-8-9(12-5-11-7)13-4-3-10-8/h5-6,10H,3-4H2,1-2H3. The van der Waals surface area contributed by atoms with E-state index in [9.17, 15) is 0 Å². The van der Waals surface area contributed by atoms with Gasteiger partial charge in [-0.05, 0) is 5.92 Å². The van der Waals surface area contributed by atoms with Crippen LogP contribution in [0.3, 0.4) is 0 Å². The van der Waals surface area contributed by atoms with Crippen LogP contribution in [0.1, 0.15) is 25.5 Å². The number of fused-ring (bicyclic) bond motifs is 1. The van der Waals surface area contributed by atoms with Crippen molar-refractivity contribution in [3.63, 3.8) is 0 Å². The molecule has 2 rings (SSSR count). The summed E-state index contributed by atoms with van der Waals surface area (Å²) >= 11 is 0. The second-order valence-corrected chi connectivity index (χ2v) is 3.37. The van der Waals surface area contributed by atoms with Crippen molar-refractivity contribution >= 4 is 5.69 Å². The average Bonchev–Trinajstić information content (AvgIpc) is 2.17. The van der Waals surface area contributed by atoms with Gasteiger partial charge in [0, 0.05) is 6.54 Å². The fourth-order valence-electron chi connectivity index (χ4n) is 1.42. The fourth-order valence-corrected chi connectivity index (χ4v) is 1.42. The Hall–Kier alpha value is -1.32. The maximum Gasteiger partial charge on any atom is 0.240 e. The van der Waals surface area contributed by atoms with Crippen LogP contribution in [-0.4, -0.2) is 23.1 Å². The first-order chi connectivity index (χ1) is 6.29. The van der Waals surface area contributed by atoms with Crippen molar-refractivity contribution in [2.75, 3.05) is 18.5 Å². The molecule has 0 radical (unpaired) electrons. The highest BCUT2D eigenvalue weighted by molar-refractivity contribution is 5.58. The van der Waals surface area contributed by atoms with E-state index in [4.69, 9.17) is 4.74 Å². The van der Waals surface area contributed by atoms with Crippen molar-refractivity contribution in [1.82, 2.24) is 9.97 Å². The molecule has 1 N–H and O–H groups in total. The van der Waals surface area contributed by atoms with Gasteiger partial charge in [-0.25, -0.2) is 4.98 Å². The molecule has 0 atom stereocenters. The van der Waals surface area contributed by atoms with Crippen LogP contribution in [0.4, 0.5) is 5.69 Å². The lowest BCUT2D eigenvalue weighted by Crippen LogP contribution is -2.21. The molecule has 0 spiro atoms. The molecule has 0 amide bonds. The van der Waals surface area contributed by atoms with E-state index in [1.54, 1.807) is 6.33 Å². The molecule has 70 valence electrons. The van der Waals surface area contributed by atoms with Crippen LogP contribution in [0, 0.1) is 0 Å². The van der Waals surface area contributed by atoms with Gasteiger partial charge in [0.1, 0.15) is 18.6 Å². The van der Waals surface area contributed by atoms with Crippen molar-refractivity contribution in [2.45, 2.75) is 19.8 Å². The Morgan fingerprint density at radius 1 is 1.46 bits per heavy atom. The summed E-state index contributed by atoms with van der Waals surface area (Å²) in [5.41, 5.74) is 1.99. The Morgan fingerprint density at radius 2 is 2.31 bits per heavy atom. The topological polar surface area (TPSA) is 47.0 Å². The van der Waals surface area contributed by atoms with Gasteiger partial charge in [-0.1, -0.05) is 13.8 Å². The number of hydrogen-bond donors (Lipinski definition) is 1. The first kappa shape index (κ1) is 8.29. The van der Waals surface area contributed by atoms with Crippen LogP contribution < -0.4 is 10.1 Å². The van der Waals surface area contributed by atoms with E-state index in [0.717, 1.165) is 17.9 Å². The molecule has 0 saturated heterocycles. The van der Waals surface area contributed by atoms with Gasteiger partial charge >= 0.3 is 0 Å². The zero-order valence-electron chi connectivity index (χ0n) is 7.87. The average molecular weight is 179 g/mol. The molecule has 4 nitrogen and oxygen atoms in total. The molecule has 1 aromatic rings. The van der Waals surface area contributed by atoms with Gasteiger partial charge in [0.2, 0.25) is 5.88 Å². The zero-order valence-corrected chi connectivity index (χ0v) is 7.87. The lowest BCUT2D eigenvalue weighted by molar-refractivity contribution is 0.308. The molecule has 0 bridgehead atoms. The third kappa shape index (κ3) is 1.43. The molecule has 1 aliphatic rings. The Balaban J connectivity index is 2.46. The number of nitrogens with one attached hydrogen (secondary N) is 1. The van der Waals surface area contributed by atoms with Crippen molar-refractivity contribution in [2.24, 2.45) is 0 Å². The van der Waals surface area contributed by atoms with Crippen LogP contribution in [0.2, 0.25) is 0 Å². The van der Waals surface area contributed by atoms with E-state index in [-0.39, 0.29) is 0 Å². The number of anilines is 1. The number of aromatic nitrogens is 2. The van der Waals surface area contributed by atoms with E-state index in [2.05, 4.69) is 29.1 Å². The lowest BCUT2D eigenvalue weighted by atomic mass is 10.1. The van der Waals surface area contributed by atoms with Gasteiger partial charge in [0.15, 0.2) is 0 Å². The van der Waals surface area contributed by atoms with Crippen molar-refractivity contribution in [3.8, 4) is 5.88 Å². The van der Waals surface area contributed by atoms with Gasteiger partial charge in [-0.3, -0.25) is 0 Å².